The number of thiocarbonyl (C=S) groups is 1. The van der Waals surface area contributed by atoms with Gasteiger partial charge < -0.3 is 20.1 Å². The quantitative estimate of drug-likeness (QED) is 0.486. The molecule has 0 amide bonds. The fourth-order valence-corrected chi connectivity index (χ4v) is 0.957. The van der Waals surface area contributed by atoms with E-state index >= 15 is 0 Å². The zero-order valence-corrected chi connectivity index (χ0v) is 9.64. The van der Waals surface area contributed by atoms with Crippen LogP contribution in [0.15, 0.2) is 0 Å². The van der Waals surface area contributed by atoms with E-state index in [1.165, 1.54) is 14.2 Å². The Balaban J connectivity index is 3.83. The third-order valence-electron chi connectivity index (χ3n) is 1.52. The molecular formula is C8H14N2O4S. The zero-order chi connectivity index (χ0) is 11.8. The van der Waals surface area contributed by atoms with Crippen molar-refractivity contribution in [2.24, 2.45) is 0 Å². The highest BCUT2D eigenvalue weighted by Gasteiger charge is 2.13. The molecule has 2 N–H and O–H groups in total. The number of rotatable bonds is 4. The lowest BCUT2D eigenvalue weighted by Gasteiger charge is -2.14. The number of hydrogen-bond donors (Lipinski definition) is 2. The van der Waals surface area contributed by atoms with Gasteiger partial charge in [-0.1, -0.05) is 0 Å². The molecule has 0 aliphatic heterocycles. The minimum absolute atomic E-state index is 0.0454. The number of esters is 2. The smallest absolute Gasteiger partial charge is 0.328 e. The predicted octanol–water partition coefficient (Wildman–Crippen LogP) is -0.815. The molecule has 1 atom stereocenters. The SMILES string of the molecule is COC(=O)CNC(=S)NC(C)C(=O)OC. The molecular weight excluding hydrogens is 220 g/mol. The molecule has 0 aliphatic carbocycles. The van der Waals surface area contributed by atoms with E-state index in [-0.39, 0.29) is 11.7 Å². The molecule has 15 heavy (non-hydrogen) atoms. The summed E-state index contributed by atoms with van der Waals surface area (Å²) in [7, 11) is 2.56. The van der Waals surface area contributed by atoms with E-state index < -0.39 is 18.0 Å². The van der Waals surface area contributed by atoms with Crippen molar-refractivity contribution in [1.29, 1.82) is 0 Å². The predicted molar refractivity (Wildman–Crippen MR) is 57.2 cm³/mol. The average molecular weight is 234 g/mol. The largest absolute Gasteiger partial charge is 0.468 e. The fourth-order valence-electron chi connectivity index (χ4n) is 0.708. The summed E-state index contributed by atoms with van der Waals surface area (Å²) in [5, 5.41) is 5.42. The van der Waals surface area contributed by atoms with Crippen LogP contribution in [0.25, 0.3) is 0 Å². The molecule has 6 nitrogen and oxygen atoms in total. The first-order chi connectivity index (χ1) is 7.01. The first kappa shape index (κ1) is 13.6. The Hall–Kier alpha value is -1.37. The molecule has 0 radical (unpaired) electrons. The standard InChI is InChI=1S/C8H14N2O4S/c1-5(7(12)14-3)10-8(15)9-4-6(11)13-2/h5H,4H2,1-3H3,(H2,9,10,15). The monoisotopic (exact) mass is 234 g/mol. The van der Waals surface area contributed by atoms with E-state index in [1.807, 2.05) is 0 Å². The third kappa shape index (κ3) is 5.84. The van der Waals surface area contributed by atoms with E-state index in [9.17, 15) is 9.59 Å². The molecule has 0 fully saturated rings. The van der Waals surface area contributed by atoms with Crippen molar-refractivity contribution in [1.82, 2.24) is 10.6 Å². The summed E-state index contributed by atoms with van der Waals surface area (Å²) in [6.07, 6.45) is 0. The van der Waals surface area contributed by atoms with Crippen LogP contribution in [-0.4, -0.2) is 43.9 Å². The fraction of sp³-hybridized carbons (Fsp3) is 0.625. The molecule has 0 heterocycles. The summed E-state index contributed by atoms with van der Waals surface area (Å²) in [4.78, 5) is 21.7. The molecule has 0 rings (SSSR count). The summed E-state index contributed by atoms with van der Waals surface area (Å²) < 4.78 is 8.87. The molecule has 0 aromatic heterocycles. The number of hydrogen-bond acceptors (Lipinski definition) is 5. The van der Waals surface area contributed by atoms with Crippen LogP contribution in [0, 0.1) is 0 Å². The van der Waals surface area contributed by atoms with Gasteiger partial charge in [0.15, 0.2) is 5.11 Å². The van der Waals surface area contributed by atoms with E-state index in [4.69, 9.17) is 12.2 Å². The number of methoxy groups -OCH3 is 2. The molecule has 0 aliphatic rings. The van der Waals surface area contributed by atoms with Crippen LogP contribution in [0.5, 0.6) is 0 Å². The summed E-state index contributed by atoms with van der Waals surface area (Å²) in [6, 6.07) is -0.562. The zero-order valence-electron chi connectivity index (χ0n) is 8.83. The average Bonchev–Trinajstić information content (AvgIpc) is 2.24. The number of carbonyl (C=O) groups excluding carboxylic acids is 2. The van der Waals surface area contributed by atoms with Gasteiger partial charge in [0, 0.05) is 0 Å². The maximum atomic E-state index is 11.0. The van der Waals surface area contributed by atoms with Gasteiger partial charge in [-0.05, 0) is 19.1 Å². The normalized spacial score (nSPS) is 11.1. The lowest BCUT2D eigenvalue weighted by atomic mass is 10.3. The van der Waals surface area contributed by atoms with Crippen LogP contribution in [0.3, 0.4) is 0 Å². The molecule has 7 heteroatoms. The summed E-state index contributed by atoms with van der Waals surface area (Å²) in [6.45, 7) is 1.55. The first-order valence-electron chi connectivity index (χ1n) is 4.20. The Kier molecular flexibility index (Phi) is 6.35. The van der Waals surface area contributed by atoms with Gasteiger partial charge in [-0.2, -0.15) is 0 Å². The van der Waals surface area contributed by atoms with Crippen LogP contribution < -0.4 is 10.6 Å². The van der Waals surface area contributed by atoms with Gasteiger partial charge in [-0.25, -0.2) is 4.79 Å². The molecule has 0 spiro atoms. The van der Waals surface area contributed by atoms with Crippen molar-refractivity contribution in [2.75, 3.05) is 20.8 Å². The van der Waals surface area contributed by atoms with Crippen molar-refractivity contribution in [2.45, 2.75) is 13.0 Å². The second kappa shape index (κ2) is 6.99. The number of ether oxygens (including phenoxy) is 2. The summed E-state index contributed by atoms with van der Waals surface area (Å²) >= 11 is 4.83. The molecule has 0 aromatic rings. The van der Waals surface area contributed by atoms with Gasteiger partial charge >= 0.3 is 11.9 Å². The van der Waals surface area contributed by atoms with Gasteiger partial charge in [0.05, 0.1) is 14.2 Å². The van der Waals surface area contributed by atoms with E-state index in [0.717, 1.165) is 0 Å². The third-order valence-corrected chi connectivity index (χ3v) is 1.79. The lowest BCUT2D eigenvalue weighted by Crippen LogP contribution is -2.46. The van der Waals surface area contributed by atoms with Crippen LogP contribution in [0.2, 0.25) is 0 Å². The van der Waals surface area contributed by atoms with E-state index in [1.54, 1.807) is 6.92 Å². The minimum atomic E-state index is -0.562. The Morgan fingerprint density at radius 1 is 1.33 bits per heavy atom. The van der Waals surface area contributed by atoms with Crippen LogP contribution in [0.4, 0.5) is 0 Å². The van der Waals surface area contributed by atoms with Gasteiger partial charge in [-0.15, -0.1) is 0 Å². The lowest BCUT2D eigenvalue weighted by molar-refractivity contribution is -0.142. The highest BCUT2D eigenvalue weighted by molar-refractivity contribution is 7.80. The van der Waals surface area contributed by atoms with Crippen molar-refractivity contribution >= 4 is 29.3 Å². The Bertz CT molecular complexity index is 257. The maximum Gasteiger partial charge on any atom is 0.328 e. The highest BCUT2D eigenvalue weighted by atomic mass is 32.1. The second-order valence-corrected chi connectivity index (χ2v) is 3.06. The molecule has 0 bridgehead atoms. The number of carbonyl (C=O) groups is 2. The summed E-state index contributed by atoms with van der Waals surface area (Å²) in [5.74, 6) is -0.873. The van der Waals surface area contributed by atoms with Gasteiger partial charge in [0.25, 0.3) is 0 Å². The van der Waals surface area contributed by atoms with Gasteiger partial charge in [0.1, 0.15) is 12.6 Å². The van der Waals surface area contributed by atoms with Crippen molar-refractivity contribution in [3.05, 3.63) is 0 Å². The maximum absolute atomic E-state index is 11.0. The number of nitrogens with one attached hydrogen (secondary N) is 2. The minimum Gasteiger partial charge on any atom is -0.468 e. The van der Waals surface area contributed by atoms with Crippen LogP contribution >= 0.6 is 12.2 Å². The molecule has 86 valence electrons. The molecule has 1 unspecified atom stereocenters. The van der Waals surface area contributed by atoms with E-state index in [0.29, 0.717) is 0 Å². The molecule has 0 saturated heterocycles. The van der Waals surface area contributed by atoms with Gasteiger partial charge in [-0.3, -0.25) is 4.79 Å². The summed E-state index contributed by atoms with van der Waals surface area (Å²) in [5.41, 5.74) is 0. The van der Waals surface area contributed by atoms with Crippen molar-refractivity contribution in [3.63, 3.8) is 0 Å². The van der Waals surface area contributed by atoms with Gasteiger partial charge in [0.2, 0.25) is 0 Å². The van der Waals surface area contributed by atoms with Crippen LogP contribution in [0.1, 0.15) is 6.92 Å². The Labute approximate surface area is 93.3 Å². The van der Waals surface area contributed by atoms with E-state index in [2.05, 4.69) is 20.1 Å². The first-order valence-corrected chi connectivity index (χ1v) is 4.61. The molecule has 0 aromatic carbocycles. The van der Waals surface area contributed by atoms with Crippen LogP contribution in [-0.2, 0) is 19.1 Å². The highest BCUT2D eigenvalue weighted by Crippen LogP contribution is 1.85. The van der Waals surface area contributed by atoms with Crippen molar-refractivity contribution < 1.29 is 19.1 Å². The topological polar surface area (TPSA) is 76.7 Å². The molecule has 0 saturated carbocycles. The van der Waals surface area contributed by atoms with Crippen molar-refractivity contribution in [3.8, 4) is 0 Å². The second-order valence-electron chi connectivity index (χ2n) is 2.65. The Morgan fingerprint density at radius 3 is 2.40 bits per heavy atom. The Morgan fingerprint density at radius 2 is 1.93 bits per heavy atom.